The van der Waals surface area contributed by atoms with E-state index in [2.05, 4.69) is 20.6 Å². The first kappa shape index (κ1) is 13.9. The fourth-order valence-corrected chi connectivity index (χ4v) is 2.27. The minimum absolute atomic E-state index is 0.0106. The van der Waals surface area contributed by atoms with Crippen molar-refractivity contribution in [2.75, 3.05) is 20.2 Å². The van der Waals surface area contributed by atoms with Crippen LogP contribution in [-0.4, -0.2) is 48.2 Å². The number of methoxy groups -OCH3 is 1. The molecule has 0 aromatic carbocycles. The second-order valence-corrected chi connectivity index (χ2v) is 4.64. The summed E-state index contributed by atoms with van der Waals surface area (Å²) in [5.74, 6) is 0.554. The molecule has 1 aromatic heterocycles. The topological polar surface area (TPSA) is 76.1 Å². The zero-order valence-corrected chi connectivity index (χ0v) is 11.6. The van der Waals surface area contributed by atoms with Crippen molar-refractivity contribution in [2.45, 2.75) is 32.4 Å². The van der Waals surface area contributed by atoms with Gasteiger partial charge in [-0.1, -0.05) is 6.92 Å². The van der Waals surface area contributed by atoms with Gasteiger partial charge in [-0.2, -0.15) is 0 Å². The van der Waals surface area contributed by atoms with E-state index in [4.69, 9.17) is 4.74 Å². The minimum atomic E-state index is -0.132. The number of ether oxygens (including phenoxy) is 1. The summed E-state index contributed by atoms with van der Waals surface area (Å²) in [5, 5.41) is 6.18. The van der Waals surface area contributed by atoms with Crippen LogP contribution in [0, 0.1) is 6.92 Å². The molecule has 1 amide bonds. The second-order valence-electron chi connectivity index (χ2n) is 4.64. The summed E-state index contributed by atoms with van der Waals surface area (Å²) in [6.07, 6.45) is 2.32. The lowest BCUT2D eigenvalue weighted by molar-refractivity contribution is 0.0778. The number of aryl methyl sites for hydroxylation is 2. The molecule has 2 atom stereocenters. The molecule has 0 aliphatic carbocycles. The molecule has 1 aliphatic rings. The zero-order chi connectivity index (χ0) is 13.8. The summed E-state index contributed by atoms with van der Waals surface area (Å²) in [6.45, 7) is 5.28. The molecule has 0 saturated carbocycles. The number of hydrogen-bond donors (Lipinski definition) is 2. The molecule has 6 heteroatoms. The first-order chi connectivity index (χ1) is 9.15. The van der Waals surface area contributed by atoms with E-state index in [-0.39, 0.29) is 18.1 Å². The largest absolute Gasteiger partial charge is 0.378 e. The third-order valence-corrected chi connectivity index (χ3v) is 3.35. The number of aromatic nitrogens is 2. The number of rotatable bonds is 4. The highest BCUT2D eigenvalue weighted by molar-refractivity contribution is 5.95. The Balaban J connectivity index is 2.11. The maximum absolute atomic E-state index is 12.3. The Kier molecular flexibility index (Phi) is 4.44. The first-order valence-corrected chi connectivity index (χ1v) is 6.52. The normalized spacial score (nSPS) is 22.5. The van der Waals surface area contributed by atoms with Gasteiger partial charge in [0, 0.05) is 26.4 Å². The number of carbonyl (C=O) groups is 1. The average molecular weight is 264 g/mol. The van der Waals surface area contributed by atoms with E-state index in [1.54, 1.807) is 13.3 Å². The van der Waals surface area contributed by atoms with Crippen LogP contribution in [-0.2, 0) is 11.2 Å². The quantitative estimate of drug-likeness (QED) is 0.804. The molecule has 1 fully saturated rings. The molecule has 0 bridgehead atoms. The molecule has 1 aromatic rings. The van der Waals surface area contributed by atoms with Crippen molar-refractivity contribution in [3.8, 4) is 0 Å². The van der Waals surface area contributed by atoms with Crippen LogP contribution < -0.4 is 10.6 Å². The van der Waals surface area contributed by atoms with E-state index < -0.39 is 0 Å². The van der Waals surface area contributed by atoms with E-state index in [0.29, 0.717) is 17.8 Å². The van der Waals surface area contributed by atoms with Crippen molar-refractivity contribution in [2.24, 2.45) is 0 Å². The molecule has 0 radical (unpaired) electrons. The Hall–Kier alpha value is -1.53. The van der Waals surface area contributed by atoms with Gasteiger partial charge in [-0.3, -0.25) is 4.79 Å². The third-order valence-electron chi connectivity index (χ3n) is 3.35. The lowest BCUT2D eigenvalue weighted by Gasteiger charge is -2.19. The number of carbonyl (C=O) groups excluding carboxylic acids is 1. The fourth-order valence-electron chi connectivity index (χ4n) is 2.27. The Morgan fingerprint density at radius 2 is 2.37 bits per heavy atom. The molecule has 2 N–H and O–H groups in total. The zero-order valence-electron chi connectivity index (χ0n) is 11.6. The smallest absolute Gasteiger partial charge is 0.255 e. The van der Waals surface area contributed by atoms with Gasteiger partial charge >= 0.3 is 0 Å². The summed E-state index contributed by atoms with van der Waals surface area (Å²) in [5.41, 5.74) is 1.33. The van der Waals surface area contributed by atoms with Gasteiger partial charge in [0.2, 0.25) is 0 Å². The van der Waals surface area contributed by atoms with Crippen LogP contribution in [0.4, 0.5) is 0 Å². The molecule has 19 heavy (non-hydrogen) atoms. The van der Waals surface area contributed by atoms with Crippen LogP contribution >= 0.6 is 0 Å². The van der Waals surface area contributed by atoms with Crippen molar-refractivity contribution >= 4 is 5.91 Å². The first-order valence-electron chi connectivity index (χ1n) is 6.52. The van der Waals surface area contributed by atoms with Gasteiger partial charge in [-0.05, 0) is 13.3 Å². The van der Waals surface area contributed by atoms with Crippen molar-refractivity contribution in [3.63, 3.8) is 0 Å². The highest BCUT2D eigenvalue weighted by Crippen LogP contribution is 2.09. The van der Waals surface area contributed by atoms with Crippen LogP contribution in [0.25, 0.3) is 0 Å². The van der Waals surface area contributed by atoms with Crippen LogP contribution in [0.1, 0.15) is 28.8 Å². The highest BCUT2D eigenvalue weighted by atomic mass is 16.5. The van der Waals surface area contributed by atoms with Crippen LogP contribution in [0.5, 0.6) is 0 Å². The predicted molar refractivity (Wildman–Crippen MR) is 71.1 cm³/mol. The molecule has 1 aliphatic heterocycles. The maximum atomic E-state index is 12.3. The highest BCUT2D eigenvalue weighted by Gasteiger charge is 2.29. The maximum Gasteiger partial charge on any atom is 0.255 e. The summed E-state index contributed by atoms with van der Waals surface area (Å²) in [4.78, 5) is 20.7. The third kappa shape index (κ3) is 3.08. The molecule has 0 spiro atoms. The van der Waals surface area contributed by atoms with Gasteiger partial charge < -0.3 is 15.4 Å². The number of nitrogens with zero attached hydrogens (tertiary/aromatic N) is 2. The van der Waals surface area contributed by atoms with Crippen molar-refractivity contribution in [3.05, 3.63) is 23.3 Å². The van der Waals surface area contributed by atoms with Gasteiger partial charge in [0.25, 0.3) is 5.91 Å². The van der Waals surface area contributed by atoms with E-state index in [1.807, 2.05) is 13.8 Å². The van der Waals surface area contributed by atoms with E-state index in [1.165, 1.54) is 0 Å². The molecule has 1 unspecified atom stereocenters. The Morgan fingerprint density at radius 1 is 1.58 bits per heavy atom. The van der Waals surface area contributed by atoms with E-state index in [0.717, 1.165) is 18.8 Å². The monoisotopic (exact) mass is 264 g/mol. The molecule has 104 valence electrons. The SMILES string of the molecule is CCc1nc(C)ncc1C(=O)NC1CNC[C@@H]1OC. The Bertz CT molecular complexity index is 464. The minimum Gasteiger partial charge on any atom is -0.378 e. The van der Waals surface area contributed by atoms with Gasteiger partial charge in [0.15, 0.2) is 0 Å². The van der Waals surface area contributed by atoms with Gasteiger partial charge in [-0.25, -0.2) is 9.97 Å². The molecular weight excluding hydrogens is 244 g/mol. The summed E-state index contributed by atoms with van der Waals surface area (Å²) < 4.78 is 5.33. The van der Waals surface area contributed by atoms with Crippen LogP contribution in [0.15, 0.2) is 6.20 Å². The van der Waals surface area contributed by atoms with Crippen LogP contribution in [0.2, 0.25) is 0 Å². The van der Waals surface area contributed by atoms with Crippen molar-refractivity contribution in [1.82, 2.24) is 20.6 Å². The molecule has 2 rings (SSSR count). The number of nitrogens with one attached hydrogen (secondary N) is 2. The molecule has 6 nitrogen and oxygen atoms in total. The van der Waals surface area contributed by atoms with Gasteiger partial charge in [0.1, 0.15) is 5.82 Å². The summed E-state index contributed by atoms with van der Waals surface area (Å²) in [6, 6.07) is -0.0106. The Labute approximate surface area is 113 Å². The average Bonchev–Trinajstić information content (AvgIpc) is 2.85. The molecule has 2 heterocycles. The van der Waals surface area contributed by atoms with E-state index in [9.17, 15) is 4.79 Å². The molecule has 1 saturated heterocycles. The standard InChI is InChI=1S/C13H20N4O2/c1-4-10-9(5-15-8(2)16-10)13(18)17-11-6-14-7-12(11)19-3/h5,11-12,14H,4,6-7H2,1-3H3,(H,17,18)/t11?,12-/m0/s1. The van der Waals surface area contributed by atoms with Crippen molar-refractivity contribution in [1.29, 1.82) is 0 Å². The second kappa shape index (κ2) is 6.08. The summed E-state index contributed by atoms with van der Waals surface area (Å²) in [7, 11) is 1.66. The van der Waals surface area contributed by atoms with Crippen LogP contribution in [0.3, 0.4) is 0 Å². The van der Waals surface area contributed by atoms with Crippen molar-refractivity contribution < 1.29 is 9.53 Å². The lowest BCUT2D eigenvalue weighted by atomic mass is 10.1. The lowest BCUT2D eigenvalue weighted by Crippen LogP contribution is -2.43. The Morgan fingerprint density at radius 3 is 3.05 bits per heavy atom. The predicted octanol–water partition coefficient (Wildman–Crippen LogP) is 0.0640. The van der Waals surface area contributed by atoms with E-state index >= 15 is 0 Å². The number of amides is 1. The fraction of sp³-hybridized carbons (Fsp3) is 0.615. The summed E-state index contributed by atoms with van der Waals surface area (Å²) >= 11 is 0. The molecular formula is C13H20N4O2. The number of hydrogen-bond acceptors (Lipinski definition) is 5. The van der Waals surface area contributed by atoms with Gasteiger partial charge in [0.05, 0.1) is 23.4 Å². The van der Waals surface area contributed by atoms with Gasteiger partial charge in [-0.15, -0.1) is 0 Å².